The number of likely N-dealkylation sites (tertiary alicyclic amines) is 1. The van der Waals surface area contributed by atoms with Crippen LogP contribution in [0.4, 0.5) is 0 Å². The molecule has 2 saturated heterocycles. The van der Waals surface area contributed by atoms with E-state index < -0.39 is 0 Å². The third-order valence-electron chi connectivity index (χ3n) is 3.61. The van der Waals surface area contributed by atoms with E-state index in [0.29, 0.717) is 6.04 Å². The third-order valence-corrected chi connectivity index (χ3v) is 3.61. The molecule has 1 unspecified atom stereocenters. The highest BCUT2D eigenvalue weighted by Gasteiger charge is 2.40. The Kier molecular flexibility index (Phi) is 2.74. The van der Waals surface area contributed by atoms with Gasteiger partial charge in [-0.2, -0.15) is 0 Å². The maximum Gasteiger partial charge on any atom is 0.236 e. The van der Waals surface area contributed by atoms with E-state index in [4.69, 9.17) is 0 Å². The van der Waals surface area contributed by atoms with Gasteiger partial charge < -0.3 is 10.6 Å². The van der Waals surface area contributed by atoms with Gasteiger partial charge in [-0.3, -0.25) is 9.69 Å². The van der Waals surface area contributed by atoms with E-state index in [1.165, 1.54) is 6.42 Å². The molecule has 4 nitrogen and oxygen atoms in total. The van der Waals surface area contributed by atoms with Crippen LogP contribution in [-0.2, 0) is 4.79 Å². The van der Waals surface area contributed by atoms with Gasteiger partial charge in [-0.05, 0) is 32.4 Å². The maximum atomic E-state index is 11.5. The number of fused-ring (bicyclic) bond motifs is 1. The molecule has 14 heavy (non-hydrogen) atoms. The average molecular weight is 197 g/mol. The van der Waals surface area contributed by atoms with Crippen LogP contribution in [0.25, 0.3) is 0 Å². The zero-order valence-electron chi connectivity index (χ0n) is 8.92. The molecule has 0 spiro atoms. The molecule has 4 heteroatoms. The first-order valence-electron chi connectivity index (χ1n) is 5.42. The first-order valence-corrected chi connectivity index (χ1v) is 5.42. The Morgan fingerprint density at radius 1 is 1.57 bits per heavy atom. The molecular formula is C10H19N3O. The smallest absolute Gasteiger partial charge is 0.236 e. The Balaban J connectivity index is 2.01. The van der Waals surface area contributed by atoms with Gasteiger partial charge in [0.2, 0.25) is 5.91 Å². The number of hydrogen-bond donors (Lipinski definition) is 2. The van der Waals surface area contributed by atoms with Gasteiger partial charge in [-0.15, -0.1) is 0 Å². The van der Waals surface area contributed by atoms with Crippen molar-refractivity contribution in [3.8, 4) is 0 Å². The molecule has 2 heterocycles. The predicted octanol–water partition coefficient (Wildman–Crippen LogP) is -0.585. The SMILES string of the molecule is CNC(=O)C(C)N1CC[C@@H]2CNC[C@@H]21. The number of carbonyl (C=O) groups excluding carboxylic acids is 1. The highest BCUT2D eigenvalue weighted by Crippen LogP contribution is 2.28. The average Bonchev–Trinajstić information content (AvgIpc) is 2.76. The molecule has 2 rings (SSSR count). The van der Waals surface area contributed by atoms with Crippen molar-refractivity contribution in [2.45, 2.75) is 25.4 Å². The van der Waals surface area contributed by atoms with Gasteiger partial charge in [-0.25, -0.2) is 0 Å². The van der Waals surface area contributed by atoms with Crippen LogP contribution >= 0.6 is 0 Å². The Morgan fingerprint density at radius 3 is 3.07 bits per heavy atom. The molecule has 80 valence electrons. The topological polar surface area (TPSA) is 44.4 Å². The van der Waals surface area contributed by atoms with Crippen LogP contribution in [-0.4, -0.2) is 49.6 Å². The predicted molar refractivity (Wildman–Crippen MR) is 55.0 cm³/mol. The highest BCUT2D eigenvalue weighted by atomic mass is 16.2. The number of hydrogen-bond acceptors (Lipinski definition) is 3. The fraction of sp³-hybridized carbons (Fsp3) is 0.900. The molecule has 2 fully saturated rings. The van der Waals surface area contributed by atoms with E-state index in [2.05, 4.69) is 15.5 Å². The van der Waals surface area contributed by atoms with Crippen molar-refractivity contribution < 1.29 is 4.79 Å². The maximum absolute atomic E-state index is 11.5. The zero-order valence-corrected chi connectivity index (χ0v) is 8.92. The summed E-state index contributed by atoms with van der Waals surface area (Å²) < 4.78 is 0. The van der Waals surface area contributed by atoms with Gasteiger partial charge in [0.15, 0.2) is 0 Å². The summed E-state index contributed by atoms with van der Waals surface area (Å²) in [5.41, 5.74) is 0. The van der Waals surface area contributed by atoms with Crippen LogP contribution in [0, 0.1) is 5.92 Å². The van der Waals surface area contributed by atoms with Crippen molar-refractivity contribution in [1.29, 1.82) is 0 Å². The molecule has 3 atom stereocenters. The van der Waals surface area contributed by atoms with Crippen molar-refractivity contribution in [3.05, 3.63) is 0 Å². The second-order valence-corrected chi connectivity index (χ2v) is 4.30. The fourth-order valence-electron chi connectivity index (χ4n) is 2.72. The van der Waals surface area contributed by atoms with Crippen LogP contribution < -0.4 is 10.6 Å². The van der Waals surface area contributed by atoms with E-state index in [9.17, 15) is 4.79 Å². The van der Waals surface area contributed by atoms with Gasteiger partial charge in [-0.1, -0.05) is 0 Å². The molecule has 0 aromatic carbocycles. The lowest BCUT2D eigenvalue weighted by Crippen LogP contribution is -2.48. The molecule has 0 bridgehead atoms. The van der Waals surface area contributed by atoms with Crippen LogP contribution in [0.2, 0.25) is 0 Å². The fourth-order valence-corrected chi connectivity index (χ4v) is 2.72. The van der Waals surface area contributed by atoms with E-state index >= 15 is 0 Å². The van der Waals surface area contributed by atoms with E-state index in [1.807, 2.05) is 6.92 Å². The molecule has 0 aromatic heterocycles. The number of rotatable bonds is 2. The highest BCUT2D eigenvalue weighted by molar-refractivity contribution is 5.81. The van der Waals surface area contributed by atoms with Crippen molar-refractivity contribution >= 4 is 5.91 Å². The van der Waals surface area contributed by atoms with E-state index in [0.717, 1.165) is 25.6 Å². The first-order chi connectivity index (χ1) is 6.74. The lowest BCUT2D eigenvalue weighted by molar-refractivity contribution is -0.125. The van der Waals surface area contributed by atoms with Gasteiger partial charge in [0.1, 0.15) is 0 Å². The lowest BCUT2D eigenvalue weighted by Gasteiger charge is -2.28. The van der Waals surface area contributed by atoms with Gasteiger partial charge in [0.25, 0.3) is 0 Å². The van der Waals surface area contributed by atoms with Crippen molar-refractivity contribution in [1.82, 2.24) is 15.5 Å². The number of nitrogens with zero attached hydrogens (tertiary/aromatic N) is 1. The number of amides is 1. The molecule has 0 aromatic rings. The zero-order chi connectivity index (χ0) is 10.1. The third kappa shape index (κ3) is 1.53. The summed E-state index contributed by atoms with van der Waals surface area (Å²) in [6.45, 7) is 5.25. The second-order valence-electron chi connectivity index (χ2n) is 4.30. The normalized spacial score (nSPS) is 34.1. The second kappa shape index (κ2) is 3.87. The minimum absolute atomic E-state index is 0.0231. The van der Waals surface area contributed by atoms with Crippen LogP contribution in [0.3, 0.4) is 0 Å². The molecule has 1 amide bonds. The van der Waals surface area contributed by atoms with E-state index in [-0.39, 0.29) is 11.9 Å². The van der Waals surface area contributed by atoms with Crippen LogP contribution in [0.15, 0.2) is 0 Å². The molecule has 0 radical (unpaired) electrons. The molecule has 0 saturated carbocycles. The number of likely N-dealkylation sites (N-methyl/N-ethyl adjacent to an activating group) is 1. The van der Waals surface area contributed by atoms with Gasteiger partial charge in [0, 0.05) is 19.6 Å². The quantitative estimate of drug-likeness (QED) is 0.622. The molecule has 2 aliphatic rings. The minimum Gasteiger partial charge on any atom is -0.358 e. The summed E-state index contributed by atoms with van der Waals surface area (Å²) in [7, 11) is 1.71. The molecule has 2 N–H and O–H groups in total. The summed E-state index contributed by atoms with van der Waals surface area (Å²) in [6, 6.07) is 0.609. The van der Waals surface area contributed by atoms with Gasteiger partial charge in [0.05, 0.1) is 6.04 Å². The number of nitrogens with one attached hydrogen (secondary N) is 2. The molecular weight excluding hydrogens is 178 g/mol. The summed E-state index contributed by atoms with van der Waals surface area (Å²) >= 11 is 0. The standard InChI is InChI=1S/C10H19N3O/c1-7(10(14)11-2)13-4-3-8-5-12-6-9(8)13/h7-9,12H,3-6H2,1-2H3,(H,11,14)/t7?,8-,9+/m1/s1. The van der Waals surface area contributed by atoms with Crippen molar-refractivity contribution in [2.24, 2.45) is 5.92 Å². The Labute approximate surface area is 85.0 Å². The summed E-state index contributed by atoms with van der Waals surface area (Å²) in [6.07, 6.45) is 1.24. The van der Waals surface area contributed by atoms with Crippen molar-refractivity contribution in [2.75, 3.05) is 26.7 Å². The Bertz CT molecular complexity index is 231. The summed E-state index contributed by atoms with van der Waals surface area (Å²) in [5.74, 6) is 0.902. The van der Waals surface area contributed by atoms with Crippen LogP contribution in [0.1, 0.15) is 13.3 Å². The lowest BCUT2D eigenvalue weighted by atomic mass is 10.0. The number of carbonyl (C=O) groups is 1. The van der Waals surface area contributed by atoms with Crippen LogP contribution in [0.5, 0.6) is 0 Å². The minimum atomic E-state index is 0.0231. The summed E-state index contributed by atoms with van der Waals surface area (Å²) in [5, 5.41) is 6.11. The van der Waals surface area contributed by atoms with Gasteiger partial charge >= 0.3 is 0 Å². The first kappa shape index (κ1) is 9.93. The monoisotopic (exact) mass is 197 g/mol. The Hall–Kier alpha value is -0.610. The molecule has 2 aliphatic heterocycles. The van der Waals surface area contributed by atoms with Crippen molar-refractivity contribution in [3.63, 3.8) is 0 Å². The van der Waals surface area contributed by atoms with E-state index in [1.54, 1.807) is 7.05 Å². The largest absolute Gasteiger partial charge is 0.358 e. The molecule has 0 aliphatic carbocycles. The Morgan fingerprint density at radius 2 is 2.36 bits per heavy atom. The summed E-state index contributed by atoms with van der Waals surface area (Å²) in [4.78, 5) is 13.9.